The third kappa shape index (κ3) is 5.08. The molecule has 0 aliphatic rings. The van der Waals surface area contributed by atoms with Crippen LogP contribution in [-0.4, -0.2) is 23.9 Å². The second-order valence-corrected chi connectivity index (χ2v) is 10.7. The Morgan fingerprint density at radius 2 is 1.56 bits per heavy atom. The van der Waals surface area contributed by atoms with E-state index in [0.29, 0.717) is 10.7 Å². The molecule has 0 aliphatic heterocycles. The first-order valence-corrected chi connectivity index (χ1v) is 13.3. The van der Waals surface area contributed by atoms with Gasteiger partial charge < -0.3 is 9.14 Å². The first-order valence-electron chi connectivity index (χ1n) is 11.4. The van der Waals surface area contributed by atoms with Gasteiger partial charge in [0, 0.05) is 40.4 Å². The summed E-state index contributed by atoms with van der Waals surface area (Å²) in [6, 6.07) is 23.3. The fourth-order valence-electron chi connectivity index (χ4n) is 3.94. The lowest BCUT2D eigenvalue weighted by Gasteiger charge is -2.09. The molecule has 0 unspecified atom stereocenters. The van der Waals surface area contributed by atoms with Gasteiger partial charge >= 0.3 is 0 Å². The highest BCUT2D eigenvalue weighted by molar-refractivity contribution is 7.92. The van der Waals surface area contributed by atoms with Crippen LogP contribution in [0.1, 0.15) is 13.8 Å². The summed E-state index contributed by atoms with van der Waals surface area (Å²) in [5, 5.41) is 0.477. The fraction of sp³-hybridized carbons (Fsp3) is 0.107. The van der Waals surface area contributed by atoms with Gasteiger partial charge in [0.2, 0.25) is 0 Å². The van der Waals surface area contributed by atoms with Crippen LogP contribution in [0.15, 0.2) is 102 Å². The number of sulfonamides is 1. The molecule has 5 rings (SSSR count). The average Bonchev–Trinajstić information content (AvgIpc) is 3.29. The van der Waals surface area contributed by atoms with E-state index in [1.54, 1.807) is 30.5 Å². The van der Waals surface area contributed by atoms with Crippen LogP contribution in [0.3, 0.4) is 0 Å². The number of benzene rings is 3. The Bertz CT molecular complexity index is 1610. The standard InChI is InChI=1S/C28H24ClN3O3S/c1-19(2)35-25-11-5-20(6-12-25)22-17-27-28(30-15-16-32(27)18-22)21-3-9-24(10-4-21)31-36(33,34)26-13-7-23(29)8-14-26/h3-19,31H,1-2H3. The van der Waals surface area contributed by atoms with Crippen LogP contribution in [0.2, 0.25) is 5.02 Å². The van der Waals surface area contributed by atoms with E-state index >= 15 is 0 Å². The summed E-state index contributed by atoms with van der Waals surface area (Å²) in [7, 11) is -3.72. The van der Waals surface area contributed by atoms with Crippen molar-refractivity contribution in [2.45, 2.75) is 24.8 Å². The van der Waals surface area contributed by atoms with Crippen molar-refractivity contribution in [3.8, 4) is 28.1 Å². The highest BCUT2D eigenvalue weighted by Gasteiger charge is 2.15. The molecule has 36 heavy (non-hydrogen) atoms. The van der Waals surface area contributed by atoms with Crippen LogP contribution in [0.4, 0.5) is 5.69 Å². The average molecular weight is 518 g/mol. The molecule has 2 heterocycles. The van der Waals surface area contributed by atoms with Gasteiger partial charge in [-0.2, -0.15) is 0 Å². The number of anilines is 1. The van der Waals surface area contributed by atoms with E-state index in [1.165, 1.54) is 12.1 Å². The highest BCUT2D eigenvalue weighted by Crippen LogP contribution is 2.30. The molecule has 0 bridgehead atoms. The molecule has 0 fully saturated rings. The van der Waals surface area contributed by atoms with Gasteiger partial charge in [-0.3, -0.25) is 9.71 Å². The first kappa shape index (κ1) is 23.9. The van der Waals surface area contributed by atoms with Crippen molar-refractivity contribution in [2.75, 3.05) is 4.72 Å². The summed E-state index contributed by atoms with van der Waals surface area (Å²) in [6.45, 7) is 4.01. The fourth-order valence-corrected chi connectivity index (χ4v) is 5.13. The van der Waals surface area contributed by atoms with E-state index in [4.69, 9.17) is 16.3 Å². The SMILES string of the molecule is CC(C)Oc1ccc(-c2cc3c(-c4ccc(NS(=O)(=O)c5ccc(Cl)cc5)cc4)nccn3c2)cc1. The van der Waals surface area contributed by atoms with Crippen molar-refractivity contribution in [1.29, 1.82) is 0 Å². The molecule has 0 radical (unpaired) electrons. The summed E-state index contributed by atoms with van der Waals surface area (Å²) in [5.41, 5.74) is 5.22. The number of hydrogen-bond donors (Lipinski definition) is 1. The highest BCUT2D eigenvalue weighted by atomic mass is 35.5. The number of aromatic nitrogens is 2. The largest absolute Gasteiger partial charge is 0.491 e. The summed E-state index contributed by atoms with van der Waals surface area (Å²) in [5.74, 6) is 0.839. The van der Waals surface area contributed by atoms with E-state index in [9.17, 15) is 8.42 Å². The number of halogens is 1. The summed E-state index contributed by atoms with van der Waals surface area (Å²) < 4.78 is 35.7. The predicted octanol–water partition coefficient (Wildman–Crippen LogP) is 6.91. The minimum Gasteiger partial charge on any atom is -0.491 e. The number of nitrogens with zero attached hydrogens (tertiary/aromatic N) is 2. The van der Waals surface area contributed by atoms with Gasteiger partial charge in [0.15, 0.2) is 0 Å². The Hall–Kier alpha value is -3.81. The smallest absolute Gasteiger partial charge is 0.261 e. The molecular weight excluding hydrogens is 494 g/mol. The maximum atomic E-state index is 12.7. The summed E-state index contributed by atoms with van der Waals surface area (Å²) in [6.07, 6.45) is 5.85. The molecule has 5 aromatic rings. The van der Waals surface area contributed by atoms with Gasteiger partial charge in [-0.25, -0.2) is 8.42 Å². The lowest BCUT2D eigenvalue weighted by molar-refractivity contribution is 0.242. The van der Waals surface area contributed by atoms with Gasteiger partial charge in [-0.05, 0) is 74.0 Å². The third-order valence-corrected chi connectivity index (χ3v) is 7.27. The van der Waals surface area contributed by atoms with E-state index in [2.05, 4.69) is 22.0 Å². The Morgan fingerprint density at radius 3 is 2.22 bits per heavy atom. The van der Waals surface area contributed by atoms with Gasteiger partial charge in [-0.1, -0.05) is 35.9 Å². The maximum absolute atomic E-state index is 12.7. The molecule has 0 atom stereocenters. The molecule has 8 heteroatoms. The molecule has 182 valence electrons. The number of fused-ring (bicyclic) bond motifs is 1. The van der Waals surface area contributed by atoms with E-state index in [0.717, 1.165) is 33.7 Å². The number of nitrogens with one attached hydrogen (secondary N) is 1. The molecule has 0 saturated heterocycles. The van der Waals surface area contributed by atoms with E-state index in [-0.39, 0.29) is 11.0 Å². The molecular formula is C28H24ClN3O3S. The Balaban J connectivity index is 1.41. The summed E-state index contributed by atoms with van der Waals surface area (Å²) >= 11 is 5.87. The Labute approximate surface area is 215 Å². The second kappa shape index (κ2) is 9.68. The molecule has 0 spiro atoms. The molecule has 6 nitrogen and oxygen atoms in total. The van der Waals surface area contributed by atoms with Gasteiger partial charge in [-0.15, -0.1) is 0 Å². The topological polar surface area (TPSA) is 72.7 Å². The van der Waals surface area contributed by atoms with Crippen molar-refractivity contribution >= 4 is 32.8 Å². The van der Waals surface area contributed by atoms with Gasteiger partial charge in [0.1, 0.15) is 5.75 Å². The van der Waals surface area contributed by atoms with Crippen molar-refractivity contribution in [3.05, 3.63) is 102 Å². The van der Waals surface area contributed by atoms with E-state index in [1.807, 2.05) is 60.8 Å². The minimum atomic E-state index is -3.72. The van der Waals surface area contributed by atoms with E-state index < -0.39 is 10.0 Å². The lowest BCUT2D eigenvalue weighted by Crippen LogP contribution is -2.12. The number of rotatable bonds is 7. The van der Waals surface area contributed by atoms with Gasteiger partial charge in [0.05, 0.1) is 22.2 Å². The Morgan fingerprint density at radius 1 is 0.889 bits per heavy atom. The monoisotopic (exact) mass is 517 g/mol. The molecule has 0 aliphatic carbocycles. The normalized spacial score (nSPS) is 11.7. The third-order valence-electron chi connectivity index (χ3n) is 5.62. The number of ether oxygens (including phenoxy) is 1. The first-order chi connectivity index (χ1) is 17.3. The zero-order valence-corrected chi connectivity index (χ0v) is 21.3. The molecule has 0 saturated carbocycles. The zero-order valence-electron chi connectivity index (χ0n) is 19.7. The van der Waals surface area contributed by atoms with Crippen LogP contribution in [0.25, 0.3) is 27.9 Å². The van der Waals surface area contributed by atoms with Crippen molar-refractivity contribution in [3.63, 3.8) is 0 Å². The number of hydrogen-bond acceptors (Lipinski definition) is 4. The quantitative estimate of drug-likeness (QED) is 0.254. The second-order valence-electron chi connectivity index (χ2n) is 8.62. The van der Waals surface area contributed by atoms with Crippen LogP contribution in [-0.2, 0) is 10.0 Å². The lowest BCUT2D eigenvalue weighted by atomic mass is 10.1. The van der Waals surface area contributed by atoms with Crippen molar-refractivity contribution in [1.82, 2.24) is 9.38 Å². The molecule has 2 aromatic heterocycles. The Kier molecular flexibility index (Phi) is 6.43. The predicted molar refractivity (Wildman–Crippen MR) is 144 cm³/mol. The maximum Gasteiger partial charge on any atom is 0.261 e. The molecule has 3 aromatic carbocycles. The van der Waals surface area contributed by atoms with Crippen molar-refractivity contribution in [2.24, 2.45) is 0 Å². The molecule has 1 N–H and O–H groups in total. The molecule has 0 amide bonds. The van der Waals surface area contributed by atoms with Crippen LogP contribution in [0, 0.1) is 0 Å². The van der Waals surface area contributed by atoms with Crippen molar-refractivity contribution < 1.29 is 13.2 Å². The zero-order chi connectivity index (χ0) is 25.3. The summed E-state index contributed by atoms with van der Waals surface area (Å²) in [4.78, 5) is 4.74. The van der Waals surface area contributed by atoms with Gasteiger partial charge in [0.25, 0.3) is 10.0 Å². The minimum absolute atomic E-state index is 0.126. The van der Waals surface area contributed by atoms with Crippen LogP contribution < -0.4 is 9.46 Å². The van der Waals surface area contributed by atoms with Crippen LogP contribution >= 0.6 is 11.6 Å². The van der Waals surface area contributed by atoms with Crippen LogP contribution in [0.5, 0.6) is 5.75 Å².